The summed E-state index contributed by atoms with van der Waals surface area (Å²) in [4.78, 5) is 16.6. The van der Waals surface area contributed by atoms with Crippen LogP contribution in [0.4, 0.5) is 0 Å². The van der Waals surface area contributed by atoms with E-state index < -0.39 is 0 Å². The fourth-order valence-corrected chi connectivity index (χ4v) is 3.05. The molecular weight excluding hydrogens is 286 g/mol. The normalized spacial score (nSPS) is 11.3. The SMILES string of the molecule is CC(=O)c1c(CSC(=N)N)nc2n(C)c3ccccc3n12. The number of hydrogen-bond donors (Lipinski definition) is 2. The maximum atomic E-state index is 12.1. The van der Waals surface area contributed by atoms with E-state index in [4.69, 9.17) is 11.1 Å². The Morgan fingerprint density at radius 1 is 1.38 bits per heavy atom. The van der Waals surface area contributed by atoms with Gasteiger partial charge in [0.25, 0.3) is 0 Å². The quantitative estimate of drug-likeness (QED) is 0.441. The van der Waals surface area contributed by atoms with Gasteiger partial charge in [0.05, 0.1) is 16.7 Å². The molecule has 0 bridgehead atoms. The van der Waals surface area contributed by atoms with Gasteiger partial charge in [0, 0.05) is 19.7 Å². The molecule has 108 valence electrons. The van der Waals surface area contributed by atoms with Crippen molar-refractivity contribution < 1.29 is 4.79 Å². The van der Waals surface area contributed by atoms with E-state index in [9.17, 15) is 4.79 Å². The standard InChI is InChI=1S/C14H15N5OS/c1-8(20)12-9(7-21-13(15)16)17-14-18(2)10-5-3-4-6-11(10)19(12)14/h3-6H,7H2,1-2H3,(H3,15,16). The molecule has 0 unspecified atom stereocenters. The first-order chi connectivity index (χ1) is 10.0. The van der Waals surface area contributed by atoms with Gasteiger partial charge < -0.3 is 10.3 Å². The van der Waals surface area contributed by atoms with Crippen LogP contribution in [-0.2, 0) is 12.8 Å². The van der Waals surface area contributed by atoms with Gasteiger partial charge in [-0.15, -0.1) is 0 Å². The van der Waals surface area contributed by atoms with Crippen molar-refractivity contribution in [2.24, 2.45) is 12.8 Å². The second kappa shape index (κ2) is 4.92. The average Bonchev–Trinajstić information content (AvgIpc) is 2.94. The van der Waals surface area contributed by atoms with E-state index in [0.29, 0.717) is 17.1 Å². The number of aromatic nitrogens is 3. The van der Waals surface area contributed by atoms with Crippen molar-refractivity contribution in [3.05, 3.63) is 35.7 Å². The first-order valence-corrected chi connectivity index (χ1v) is 7.41. The number of carbonyl (C=O) groups excluding carboxylic acids is 1. The van der Waals surface area contributed by atoms with Crippen LogP contribution in [0.2, 0.25) is 0 Å². The minimum Gasteiger partial charge on any atom is -0.379 e. The van der Waals surface area contributed by atoms with Crippen LogP contribution in [0.1, 0.15) is 23.1 Å². The van der Waals surface area contributed by atoms with Crippen LogP contribution >= 0.6 is 11.8 Å². The van der Waals surface area contributed by atoms with Gasteiger partial charge in [0.1, 0.15) is 5.69 Å². The Balaban J connectivity index is 2.31. The van der Waals surface area contributed by atoms with E-state index in [0.717, 1.165) is 16.8 Å². The minimum atomic E-state index is -0.0435. The number of nitrogens with one attached hydrogen (secondary N) is 1. The molecule has 21 heavy (non-hydrogen) atoms. The number of rotatable bonds is 3. The summed E-state index contributed by atoms with van der Waals surface area (Å²) < 4.78 is 3.84. The summed E-state index contributed by atoms with van der Waals surface area (Å²) in [6.45, 7) is 1.53. The summed E-state index contributed by atoms with van der Waals surface area (Å²) >= 11 is 1.17. The number of imidazole rings is 2. The van der Waals surface area contributed by atoms with Crippen LogP contribution in [0.5, 0.6) is 0 Å². The maximum Gasteiger partial charge on any atom is 0.215 e. The molecule has 7 heteroatoms. The van der Waals surface area contributed by atoms with Crippen molar-refractivity contribution in [2.45, 2.75) is 12.7 Å². The smallest absolute Gasteiger partial charge is 0.215 e. The topological polar surface area (TPSA) is 89.2 Å². The third-order valence-electron chi connectivity index (χ3n) is 3.41. The Bertz CT molecular complexity index is 876. The first-order valence-electron chi connectivity index (χ1n) is 6.43. The number of para-hydroxylation sites is 2. The van der Waals surface area contributed by atoms with Crippen LogP contribution < -0.4 is 5.73 Å². The first kappa shape index (κ1) is 13.7. The molecule has 3 aromatic rings. The summed E-state index contributed by atoms with van der Waals surface area (Å²) in [5.41, 5.74) is 8.58. The lowest BCUT2D eigenvalue weighted by molar-refractivity contribution is 0.101. The van der Waals surface area contributed by atoms with Gasteiger partial charge in [-0.3, -0.25) is 14.6 Å². The van der Waals surface area contributed by atoms with Gasteiger partial charge in [-0.1, -0.05) is 23.9 Å². The van der Waals surface area contributed by atoms with Crippen LogP contribution in [-0.4, -0.2) is 24.9 Å². The van der Waals surface area contributed by atoms with E-state index in [2.05, 4.69) is 4.98 Å². The number of carbonyl (C=O) groups is 1. The highest BCUT2D eigenvalue weighted by Crippen LogP contribution is 2.25. The Morgan fingerprint density at radius 3 is 2.67 bits per heavy atom. The number of ketones is 1. The number of nitrogens with two attached hydrogens (primary N) is 1. The van der Waals surface area contributed by atoms with Gasteiger partial charge >= 0.3 is 0 Å². The number of nitrogens with zero attached hydrogens (tertiary/aromatic N) is 3. The summed E-state index contributed by atoms with van der Waals surface area (Å²) in [6, 6.07) is 7.87. The van der Waals surface area contributed by atoms with E-state index in [1.54, 1.807) is 0 Å². The third-order valence-corrected chi connectivity index (χ3v) is 4.14. The van der Waals surface area contributed by atoms with Crippen LogP contribution in [0.25, 0.3) is 16.8 Å². The predicted octanol–water partition coefficient (Wildman–Crippen LogP) is 2.16. The molecular formula is C14H15N5OS. The molecule has 0 amide bonds. The number of hydrogen-bond acceptors (Lipinski definition) is 4. The fraction of sp³-hybridized carbons (Fsp3) is 0.214. The molecule has 0 radical (unpaired) electrons. The van der Waals surface area contributed by atoms with Crippen molar-refractivity contribution >= 4 is 39.5 Å². The predicted molar refractivity (Wildman–Crippen MR) is 84.9 cm³/mol. The number of fused-ring (bicyclic) bond motifs is 3. The number of Topliss-reactive ketones (excluding diaryl/α,β-unsaturated/α-hetero) is 1. The largest absolute Gasteiger partial charge is 0.379 e. The zero-order chi connectivity index (χ0) is 15.1. The Kier molecular flexibility index (Phi) is 3.21. The Labute approximate surface area is 125 Å². The number of aryl methyl sites for hydroxylation is 1. The third kappa shape index (κ3) is 2.09. The molecule has 3 rings (SSSR count). The van der Waals surface area contributed by atoms with Gasteiger partial charge in [0.15, 0.2) is 11.0 Å². The van der Waals surface area contributed by atoms with Crippen LogP contribution in [0, 0.1) is 5.41 Å². The van der Waals surface area contributed by atoms with Crippen LogP contribution in [0.15, 0.2) is 24.3 Å². The molecule has 0 aliphatic carbocycles. The zero-order valence-corrected chi connectivity index (χ0v) is 12.6. The van der Waals surface area contributed by atoms with Crippen molar-refractivity contribution in [2.75, 3.05) is 0 Å². The molecule has 2 heterocycles. The summed E-state index contributed by atoms with van der Waals surface area (Å²) in [6.07, 6.45) is 0. The Hall–Kier alpha value is -2.28. The molecule has 1 aromatic carbocycles. The Morgan fingerprint density at radius 2 is 2.05 bits per heavy atom. The zero-order valence-electron chi connectivity index (χ0n) is 11.8. The van der Waals surface area contributed by atoms with E-state index in [1.807, 2.05) is 40.3 Å². The highest BCUT2D eigenvalue weighted by Gasteiger charge is 2.21. The van der Waals surface area contributed by atoms with Crippen LogP contribution in [0.3, 0.4) is 0 Å². The monoisotopic (exact) mass is 301 g/mol. The lowest BCUT2D eigenvalue weighted by Gasteiger charge is -2.01. The molecule has 6 nitrogen and oxygen atoms in total. The van der Waals surface area contributed by atoms with Crippen molar-refractivity contribution in [3.63, 3.8) is 0 Å². The van der Waals surface area contributed by atoms with E-state index in [-0.39, 0.29) is 11.0 Å². The van der Waals surface area contributed by atoms with Crippen molar-refractivity contribution in [1.29, 1.82) is 5.41 Å². The second-order valence-electron chi connectivity index (χ2n) is 4.80. The van der Waals surface area contributed by atoms with Gasteiger partial charge in [0.2, 0.25) is 5.78 Å². The highest BCUT2D eigenvalue weighted by molar-refractivity contribution is 8.13. The van der Waals surface area contributed by atoms with E-state index in [1.165, 1.54) is 18.7 Å². The van der Waals surface area contributed by atoms with Gasteiger partial charge in [-0.2, -0.15) is 0 Å². The molecule has 0 saturated carbocycles. The number of benzene rings is 1. The summed E-state index contributed by atoms with van der Waals surface area (Å²) in [5, 5.41) is 7.33. The molecule has 0 aliphatic heterocycles. The second-order valence-corrected chi connectivity index (χ2v) is 5.82. The maximum absolute atomic E-state index is 12.1. The number of amidine groups is 1. The molecule has 3 N–H and O–H groups in total. The van der Waals surface area contributed by atoms with Crippen molar-refractivity contribution in [3.8, 4) is 0 Å². The molecule has 0 fully saturated rings. The lowest BCUT2D eigenvalue weighted by atomic mass is 10.2. The molecule has 0 spiro atoms. The average molecular weight is 301 g/mol. The van der Waals surface area contributed by atoms with Gasteiger partial charge in [-0.25, -0.2) is 4.98 Å². The summed E-state index contributed by atoms with van der Waals surface area (Å²) in [5.74, 6) is 1.10. The number of thioether (sulfide) groups is 1. The molecule has 0 saturated heterocycles. The van der Waals surface area contributed by atoms with Gasteiger partial charge in [-0.05, 0) is 12.1 Å². The van der Waals surface area contributed by atoms with Crippen molar-refractivity contribution in [1.82, 2.24) is 14.0 Å². The molecule has 0 atom stereocenters. The fourth-order valence-electron chi connectivity index (χ4n) is 2.56. The highest BCUT2D eigenvalue weighted by atomic mass is 32.2. The van der Waals surface area contributed by atoms with E-state index >= 15 is 0 Å². The summed E-state index contributed by atoms with van der Waals surface area (Å²) in [7, 11) is 1.93. The molecule has 0 aliphatic rings. The minimum absolute atomic E-state index is 0.0198. The lowest BCUT2D eigenvalue weighted by Crippen LogP contribution is -2.06. The molecule has 2 aromatic heterocycles.